The van der Waals surface area contributed by atoms with E-state index in [4.69, 9.17) is 23.1 Å². The van der Waals surface area contributed by atoms with E-state index in [2.05, 4.69) is 6.92 Å². The van der Waals surface area contributed by atoms with Crippen LogP contribution in [0.2, 0.25) is 0 Å². The zero-order valence-corrected chi connectivity index (χ0v) is 23.1. The minimum atomic E-state index is -5.78. The predicted molar refractivity (Wildman–Crippen MR) is 129 cm³/mol. The first-order chi connectivity index (χ1) is 17.3. The molecule has 214 valence electrons. The van der Waals surface area contributed by atoms with Crippen molar-refractivity contribution in [2.75, 3.05) is 26.8 Å². The van der Waals surface area contributed by atoms with E-state index in [0.29, 0.717) is 44.7 Å². The van der Waals surface area contributed by atoms with Crippen molar-refractivity contribution in [2.24, 2.45) is 28.6 Å². The lowest BCUT2D eigenvalue weighted by Crippen LogP contribution is -2.63. The largest absolute Gasteiger partial charge is 0.534 e. The standard InChI is InChI=1S/C26H41F3O7S/c1-5-32-16-34-19-9-12-23(3)18(15-19)7-8-21-20(23)10-13-24(4)22(36-37(30,31)26(27,28)29)11-14-25(21,24)35-17-33-6-2/h11,18-21H,5-10,12-17H2,1-4H3/t18-,19+,20?,21?,23+,24-,25+/m1/s1. The normalized spacial score (nSPS) is 39.9. The molecular formula is C26H41F3O7S. The number of alkyl halides is 3. The number of ether oxygens (including phenoxy) is 4. The molecule has 37 heavy (non-hydrogen) atoms. The van der Waals surface area contributed by atoms with Gasteiger partial charge in [0.05, 0.1) is 17.1 Å². The average Bonchev–Trinajstić information content (AvgIpc) is 3.10. The quantitative estimate of drug-likeness (QED) is 0.144. The molecule has 0 radical (unpaired) electrons. The van der Waals surface area contributed by atoms with Gasteiger partial charge >= 0.3 is 15.6 Å². The topological polar surface area (TPSA) is 80.3 Å². The van der Waals surface area contributed by atoms with Crippen molar-refractivity contribution in [1.29, 1.82) is 0 Å². The highest BCUT2D eigenvalue weighted by Gasteiger charge is 2.68. The van der Waals surface area contributed by atoms with Crippen LogP contribution in [0.1, 0.15) is 79.1 Å². The maximum atomic E-state index is 13.2. The Balaban J connectivity index is 1.60. The Bertz CT molecular complexity index is 954. The molecule has 0 aromatic carbocycles. The fraction of sp³-hybridized carbons (Fsp3) is 0.923. The molecule has 2 unspecified atom stereocenters. The second-order valence-corrected chi connectivity index (χ2v) is 13.0. The van der Waals surface area contributed by atoms with Crippen LogP contribution in [0.25, 0.3) is 0 Å². The summed E-state index contributed by atoms with van der Waals surface area (Å²) in [6.07, 6.45) is 7.91. The van der Waals surface area contributed by atoms with Gasteiger partial charge in [0, 0.05) is 13.2 Å². The molecular weight excluding hydrogens is 513 g/mol. The van der Waals surface area contributed by atoms with Gasteiger partial charge in [-0.2, -0.15) is 21.6 Å². The third-order valence-electron chi connectivity index (χ3n) is 9.94. The number of halogens is 3. The highest BCUT2D eigenvalue weighted by Crippen LogP contribution is 2.69. The highest BCUT2D eigenvalue weighted by atomic mass is 32.2. The third-order valence-corrected chi connectivity index (χ3v) is 10.9. The summed E-state index contributed by atoms with van der Waals surface area (Å²) in [7, 11) is -5.78. The second-order valence-electron chi connectivity index (χ2n) is 11.4. The van der Waals surface area contributed by atoms with Gasteiger partial charge < -0.3 is 23.1 Å². The third kappa shape index (κ3) is 4.96. The van der Waals surface area contributed by atoms with Gasteiger partial charge in [-0.1, -0.05) is 6.92 Å². The molecule has 3 saturated carbocycles. The van der Waals surface area contributed by atoms with Crippen LogP contribution >= 0.6 is 0 Å². The van der Waals surface area contributed by atoms with Crippen LogP contribution < -0.4 is 0 Å². The number of hydrogen-bond donors (Lipinski definition) is 0. The summed E-state index contributed by atoms with van der Waals surface area (Å²) in [5.41, 5.74) is -7.35. The summed E-state index contributed by atoms with van der Waals surface area (Å²) in [5, 5.41) is 0. The molecule has 0 bridgehead atoms. The molecule has 3 fully saturated rings. The van der Waals surface area contributed by atoms with Crippen LogP contribution in [0.5, 0.6) is 0 Å². The van der Waals surface area contributed by atoms with Crippen molar-refractivity contribution < 1.29 is 44.7 Å². The molecule has 0 amide bonds. The predicted octanol–water partition coefficient (Wildman–Crippen LogP) is 5.90. The summed E-state index contributed by atoms with van der Waals surface area (Å²) in [4.78, 5) is 0. The Hall–Kier alpha value is -0.880. The number of hydrogen-bond acceptors (Lipinski definition) is 7. The molecule has 4 aliphatic carbocycles. The SMILES string of the molecule is CCOCO[C@H]1CC[C@]2(C)C3CC[C@]4(C)C(OS(=O)(=O)C(F)(F)F)=CC[C@]4(OCOCC)C3CC[C@@H]2C1. The Morgan fingerprint density at radius 3 is 2.35 bits per heavy atom. The van der Waals surface area contributed by atoms with Gasteiger partial charge in [-0.25, -0.2) is 0 Å². The smallest absolute Gasteiger partial charge is 0.380 e. The molecule has 0 aliphatic heterocycles. The zero-order valence-electron chi connectivity index (χ0n) is 22.3. The van der Waals surface area contributed by atoms with Crippen molar-refractivity contribution in [2.45, 2.75) is 96.3 Å². The molecule has 0 spiro atoms. The molecule has 0 N–H and O–H groups in total. The van der Waals surface area contributed by atoms with E-state index in [-0.39, 0.29) is 30.0 Å². The molecule has 0 aromatic heterocycles. The van der Waals surface area contributed by atoms with E-state index in [1.54, 1.807) is 6.92 Å². The first-order valence-corrected chi connectivity index (χ1v) is 14.9. The minimum absolute atomic E-state index is 0.00403. The maximum Gasteiger partial charge on any atom is 0.534 e. The summed E-state index contributed by atoms with van der Waals surface area (Å²) in [6, 6.07) is 0. The van der Waals surface area contributed by atoms with Gasteiger partial charge in [-0.3, -0.25) is 0 Å². The fourth-order valence-corrected chi connectivity index (χ4v) is 8.50. The first-order valence-electron chi connectivity index (χ1n) is 13.5. The summed E-state index contributed by atoms with van der Waals surface area (Å²) < 4.78 is 91.7. The van der Waals surface area contributed by atoms with E-state index in [0.717, 1.165) is 38.5 Å². The molecule has 4 aliphatic rings. The van der Waals surface area contributed by atoms with Crippen LogP contribution in [0.15, 0.2) is 11.8 Å². The van der Waals surface area contributed by atoms with Crippen molar-refractivity contribution in [1.82, 2.24) is 0 Å². The van der Waals surface area contributed by atoms with E-state index < -0.39 is 26.6 Å². The van der Waals surface area contributed by atoms with Crippen LogP contribution in [-0.4, -0.2) is 52.4 Å². The van der Waals surface area contributed by atoms with Crippen LogP contribution in [0.3, 0.4) is 0 Å². The van der Waals surface area contributed by atoms with Crippen molar-refractivity contribution in [3.05, 3.63) is 11.8 Å². The second kappa shape index (κ2) is 10.6. The molecule has 11 heteroatoms. The molecule has 7 nitrogen and oxygen atoms in total. The molecule has 4 rings (SSSR count). The summed E-state index contributed by atoms with van der Waals surface area (Å²) >= 11 is 0. The lowest BCUT2D eigenvalue weighted by atomic mass is 9.43. The Morgan fingerprint density at radius 2 is 1.68 bits per heavy atom. The lowest BCUT2D eigenvalue weighted by molar-refractivity contribution is -0.257. The van der Waals surface area contributed by atoms with Crippen LogP contribution in [0.4, 0.5) is 13.2 Å². The molecule has 7 atom stereocenters. The van der Waals surface area contributed by atoms with Gasteiger partial charge in [0.2, 0.25) is 0 Å². The van der Waals surface area contributed by atoms with Gasteiger partial charge in [-0.15, -0.1) is 0 Å². The lowest BCUT2D eigenvalue weighted by Gasteiger charge is -2.64. The average molecular weight is 555 g/mol. The van der Waals surface area contributed by atoms with Crippen molar-refractivity contribution >= 4 is 10.1 Å². The van der Waals surface area contributed by atoms with E-state index in [1.165, 1.54) is 6.08 Å². The van der Waals surface area contributed by atoms with E-state index >= 15 is 0 Å². The van der Waals surface area contributed by atoms with Crippen LogP contribution in [-0.2, 0) is 33.2 Å². The van der Waals surface area contributed by atoms with E-state index in [9.17, 15) is 21.6 Å². The van der Waals surface area contributed by atoms with Crippen molar-refractivity contribution in [3.63, 3.8) is 0 Å². The molecule has 0 heterocycles. The summed E-state index contributed by atoms with van der Waals surface area (Å²) in [6.45, 7) is 9.28. The first kappa shape index (κ1) is 29.1. The van der Waals surface area contributed by atoms with Gasteiger partial charge in [-0.05, 0) is 101 Å². The zero-order chi connectivity index (χ0) is 27.1. The Labute approximate surface area is 218 Å². The molecule has 0 saturated heterocycles. The Morgan fingerprint density at radius 1 is 0.973 bits per heavy atom. The van der Waals surface area contributed by atoms with Crippen LogP contribution in [0, 0.1) is 28.6 Å². The van der Waals surface area contributed by atoms with Gasteiger partial charge in [0.15, 0.2) is 0 Å². The van der Waals surface area contributed by atoms with Crippen molar-refractivity contribution in [3.8, 4) is 0 Å². The minimum Gasteiger partial charge on any atom is -0.380 e. The monoisotopic (exact) mass is 554 g/mol. The van der Waals surface area contributed by atoms with Gasteiger partial charge in [0.25, 0.3) is 0 Å². The Kier molecular flexibility index (Phi) is 8.34. The number of fused-ring (bicyclic) bond motifs is 5. The van der Waals surface area contributed by atoms with Gasteiger partial charge in [0.1, 0.15) is 19.3 Å². The molecule has 0 aromatic rings. The highest BCUT2D eigenvalue weighted by molar-refractivity contribution is 7.87. The maximum absolute atomic E-state index is 13.2. The fourth-order valence-electron chi connectivity index (χ4n) is 7.92. The van der Waals surface area contributed by atoms with E-state index in [1.807, 2.05) is 13.8 Å². The summed E-state index contributed by atoms with van der Waals surface area (Å²) in [5.74, 6) is 0.652. The number of rotatable bonds is 10.